The first kappa shape index (κ1) is 18.0. The van der Waals surface area contributed by atoms with Crippen molar-refractivity contribution in [2.75, 3.05) is 24.5 Å². The Balaban J connectivity index is 1.47. The number of rotatable bonds is 7. The van der Waals surface area contributed by atoms with Gasteiger partial charge in [-0.15, -0.1) is 0 Å². The molecule has 1 saturated heterocycles. The van der Waals surface area contributed by atoms with Crippen LogP contribution in [-0.2, 0) is 13.1 Å². The summed E-state index contributed by atoms with van der Waals surface area (Å²) in [5.41, 5.74) is 2.40. The van der Waals surface area contributed by atoms with Gasteiger partial charge in [0.2, 0.25) is 0 Å². The molecule has 0 bridgehead atoms. The molecule has 3 heterocycles. The van der Waals surface area contributed by atoms with Gasteiger partial charge in [0.25, 0.3) is 0 Å². The van der Waals surface area contributed by atoms with Gasteiger partial charge in [-0.1, -0.05) is 25.1 Å². The highest BCUT2D eigenvalue weighted by molar-refractivity contribution is 5.81. The third-order valence-electron chi connectivity index (χ3n) is 5.33. The zero-order valence-electron chi connectivity index (χ0n) is 16.1. The summed E-state index contributed by atoms with van der Waals surface area (Å²) < 4.78 is 2.14. The van der Waals surface area contributed by atoms with Crippen molar-refractivity contribution < 1.29 is 0 Å². The van der Waals surface area contributed by atoms with Gasteiger partial charge < -0.3 is 14.8 Å². The largest absolute Gasteiger partial charge is 0.356 e. The Morgan fingerprint density at radius 3 is 2.81 bits per heavy atom. The van der Waals surface area contributed by atoms with Crippen LogP contribution < -0.4 is 10.2 Å². The molecule has 1 N–H and O–H groups in total. The molecule has 5 nitrogen and oxygen atoms in total. The standard InChI is InChI=1S/C22H29N5/c1-18(16-26-12-9-23-17-26)14-24-15-20-13-19-7-3-4-8-21(19)25-22(20)27-10-5-2-6-11-27/h3-4,7-9,12-13,17-18,24H,2,5-6,10-11,14-16H2,1H3. The number of pyridine rings is 1. The fraction of sp³-hybridized carbons (Fsp3) is 0.455. The van der Waals surface area contributed by atoms with Gasteiger partial charge in [-0.2, -0.15) is 0 Å². The number of nitrogens with one attached hydrogen (secondary N) is 1. The normalized spacial score (nSPS) is 16.0. The third kappa shape index (κ3) is 4.48. The van der Waals surface area contributed by atoms with E-state index in [2.05, 4.69) is 57.0 Å². The molecule has 1 aliphatic heterocycles. The van der Waals surface area contributed by atoms with Gasteiger partial charge in [0, 0.05) is 49.5 Å². The summed E-state index contributed by atoms with van der Waals surface area (Å²) in [5, 5.41) is 4.88. The Bertz CT molecular complexity index is 852. The summed E-state index contributed by atoms with van der Waals surface area (Å²) in [6, 6.07) is 10.8. The van der Waals surface area contributed by atoms with Crippen molar-refractivity contribution in [3.8, 4) is 0 Å². The van der Waals surface area contributed by atoms with Crippen molar-refractivity contribution in [1.29, 1.82) is 0 Å². The van der Waals surface area contributed by atoms with E-state index in [1.54, 1.807) is 0 Å². The Morgan fingerprint density at radius 1 is 1.15 bits per heavy atom. The van der Waals surface area contributed by atoms with Crippen LogP contribution in [0.3, 0.4) is 0 Å². The molecule has 0 radical (unpaired) electrons. The molecular weight excluding hydrogens is 334 g/mol. The third-order valence-corrected chi connectivity index (χ3v) is 5.33. The maximum atomic E-state index is 5.03. The number of hydrogen-bond acceptors (Lipinski definition) is 4. The van der Waals surface area contributed by atoms with E-state index in [1.165, 1.54) is 36.0 Å². The highest BCUT2D eigenvalue weighted by Gasteiger charge is 2.17. The molecule has 0 saturated carbocycles. The quantitative estimate of drug-likeness (QED) is 0.693. The summed E-state index contributed by atoms with van der Waals surface area (Å²) in [4.78, 5) is 11.6. The number of piperidine rings is 1. The number of benzene rings is 1. The fourth-order valence-electron chi connectivity index (χ4n) is 3.93. The second kappa shape index (κ2) is 8.53. The molecule has 142 valence electrons. The lowest BCUT2D eigenvalue weighted by Gasteiger charge is -2.30. The fourth-order valence-corrected chi connectivity index (χ4v) is 3.93. The Morgan fingerprint density at radius 2 is 2.00 bits per heavy atom. The monoisotopic (exact) mass is 363 g/mol. The van der Waals surface area contributed by atoms with Gasteiger partial charge in [0.1, 0.15) is 5.82 Å². The topological polar surface area (TPSA) is 46.0 Å². The number of fused-ring (bicyclic) bond motifs is 1. The molecule has 1 atom stereocenters. The zero-order chi connectivity index (χ0) is 18.5. The first-order chi connectivity index (χ1) is 13.3. The Hall–Kier alpha value is -2.40. The van der Waals surface area contributed by atoms with Crippen LogP contribution >= 0.6 is 0 Å². The van der Waals surface area contributed by atoms with Crippen molar-refractivity contribution in [3.05, 3.63) is 54.6 Å². The average molecular weight is 364 g/mol. The highest BCUT2D eigenvalue weighted by Crippen LogP contribution is 2.26. The Labute approximate surface area is 161 Å². The number of aromatic nitrogens is 3. The predicted octanol–water partition coefficient (Wildman–Crippen LogP) is 3.85. The Kier molecular flexibility index (Phi) is 5.68. The van der Waals surface area contributed by atoms with E-state index in [0.717, 1.165) is 38.2 Å². The summed E-state index contributed by atoms with van der Waals surface area (Å²) in [6.07, 6.45) is 9.62. The lowest BCUT2D eigenvalue weighted by Crippen LogP contribution is -2.32. The maximum Gasteiger partial charge on any atom is 0.133 e. The van der Waals surface area contributed by atoms with Gasteiger partial charge in [-0.25, -0.2) is 9.97 Å². The van der Waals surface area contributed by atoms with Crippen LogP contribution in [0.2, 0.25) is 0 Å². The number of hydrogen-bond donors (Lipinski definition) is 1. The minimum Gasteiger partial charge on any atom is -0.356 e. The van der Waals surface area contributed by atoms with Crippen LogP contribution in [-0.4, -0.2) is 34.2 Å². The van der Waals surface area contributed by atoms with Gasteiger partial charge in [-0.3, -0.25) is 0 Å². The van der Waals surface area contributed by atoms with Crippen LogP contribution in [0.5, 0.6) is 0 Å². The summed E-state index contributed by atoms with van der Waals surface area (Å²) in [6.45, 7) is 7.34. The molecule has 1 aromatic carbocycles. The summed E-state index contributed by atoms with van der Waals surface area (Å²) in [7, 11) is 0. The van der Waals surface area contributed by atoms with Crippen molar-refractivity contribution in [2.24, 2.45) is 5.92 Å². The molecule has 27 heavy (non-hydrogen) atoms. The molecular formula is C22H29N5. The van der Waals surface area contributed by atoms with Gasteiger partial charge >= 0.3 is 0 Å². The van der Waals surface area contributed by atoms with Crippen molar-refractivity contribution in [3.63, 3.8) is 0 Å². The predicted molar refractivity (Wildman–Crippen MR) is 111 cm³/mol. The highest BCUT2D eigenvalue weighted by atomic mass is 15.2. The molecule has 0 spiro atoms. The molecule has 5 heteroatoms. The summed E-state index contributed by atoms with van der Waals surface area (Å²) >= 11 is 0. The van der Waals surface area contributed by atoms with E-state index < -0.39 is 0 Å². The van der Waals surface area contributed by atoms with E-state index in [0.29, 0.717) is 5.92 Å². The lowest BCUT2D eigenvalue weighted by molar-refractivity contribution is 0.444. The number of para-hydroxylation sites is 1. The molecule has 3 aromatic rings. The average Bonchev–Trinajstić information content (AvgIpc) is 3.21. The molecule has 4 rings (SSSR count). The van der Waals surface area contributed by atoms with Crippen LogP contribution in [0.15, 0.2) is 49.1 Å². The van der Waals surface area contributed by atoms with E-state index in [-0.39, 0.29) is 0 Å². The second-order valence-corrected chi connectivity index (χ2v) is 7.71. The first-order valence-electron chi connectivity index (χ1n) is 10.1. The number of anilines is 1. The van der Waals surface area contributed by atoms with Gasteiger partial charge in [0.05, 0.1) is 11.8 Å². The molecule has 2 aromatic heterocycles. The van der Waals surface area contributed by atoms with Crippen LogP contribution in [0, 0.1) is 5.92 Å². The SMILES string of the molecule is CC(CNCc1cc2ccccc2nc1N1CCCCC1)Cn1ccnc1. The maximum absolute atomic E-state index is 5.03. The zero-order valence-corrected chi connectivity index (χ0v) is 16.1. The smallest absolute Gasteiger partial charge is 0.133 e. The van der Waals surface area contributed by atoms with Crippen molar-refractivity contribution >= 4 is 16.7 Å². The molecule has 1 aliphatic rings. The van der Waals surface area contributed by atoms with Crippen molar-refractivity contribution in [2.45, 2.75) is 39.3 Å². The minimum absolute atomic E-state index is 0.547. The molecule has 0 aliphatic carbocycles. The van der Waals surface area contributed by atoms with E-state index in [1.807, 2.05) is 18.7 Å². The van der Waals surface area contributed by atoms with Crippen molar-refractivity contribution in [1.82, 2.24) is 19.9 Å². The molecule has 1 fully saturated rings. The first-order valence-corrected chi connectivity index (χ1v) is 10.1. The second-order valence-electron chi connectivity index (χ2n) is 7.71. The molecule has 0 amide bonds. The van der Waals surface area contributed by atoms with E-state index >= 15 is 0 Å². The van der Waals surface area contributed by atoms with Gasteiger partial charge in [-0.05, 0) is 43.9 Å². The van der Waals surface area contributed by atoms with E-state index in [4.69, 9.17) is 4.98 Å². The number of nitrogens with zero attached hydrogens (tertiary/aromatic N) is 4. The van der Waals surface area contributed by atoms with E-state index in [9.17, 15) is 0 Å². The van der Waals surface area contributed by atoms with Crippen LogP contribution in [0.4, 0.5) is 5.82 Å². The van der Waals surface area contributed by atoms with Crippen LogP contribution in [0.25, 0.3) is 10.9 Å². The van der Waals surface area contributed by atoms with Gasteiger partial charge in [0.15, 0.2) is 0 Å². The minimum atomic E-state index is 0.547. The van der Waals surface area contributed by atoms with Crippen LogP contribution in [0.1, 0.15) is 31.7 Å². The summed E-state index contributed by atoms with van der Waals surface area (Å²) in [5.74, 6) is 1.72. The molecule has 1 unspecified atom stereocenters. The number of imidazole rings is 1. The lowest BCUT2D eigenvalue weighted by atomic mass is 10.1.